The first-order valence-corrected chi connectivity index (χ1v) is 6.10. The second-order valence-electron chi connectivity index (χ2n) is 4.26. The largest absolute Gasteiger partial charge is 0.466 e. The molecule has 1 aromatic heterocycles. The molecule has 0 aliphatic heterocycles. The molecule has 0 spiro atoms. The van der Waals surface area contributed by atoms with E-state index in [9.17, 15) is 4.39 Å². The Balaban J connectivity index is 2.48. The minimum atomic E-state index is -0.335. The molecule has 1 atom stereocenters. The fourth-order valence-corrected chi connectivity index (χ4v) is 2.43. The van der Waals surface area contributed by atoms with Gasteiger partial charge in [0.25, 0.3) is 0 Å². The number of nitrogens with one attached hydrogen (secondary N) is 1. The topological polar surface area (TPSA) is 25.2 Å². The zero-order valence-electron chi connectivity index (χ0n) is 10.6. The molecule has 18 heavy (non-hydrogen) atoms. The summed E-state index contributed by atoms with van der Waals surface area (Å²) in [6, 6.07) is 6.30. The standard InChI is InChI=1S/C14H15ClFNO/c1-8-6-12(9(2)18-8)14(17-3)11-5-4-10(16)7-13(11)15/h4-7,14,17H,1-3H3. The molecule has 1 N–H and O–H groups in total. The predicted molar refractivity (Wildman–Crippen MR) is 70.5 cm³/mol. The van der Waals surface area contributed by atoms with Gasteiger partial charge in [-0.05, 0) is 44.7 Å². The predicted octanol–water partition coefficient (Wildman–Crippen LogP) is 4.00. The van der Waals surface area contributed by atoms with Gasteiger partial charge in [0, 0.05) is 10.6 Å². The molecule has 1 aromatic carbocycles. The number of halogens is 2. The lowest BCUT2D eigenvalue weighted by Crippen LogP contribution is -2.18. The van der Waals surface area contributed by atoms with Gasteiger partial charge in [-0.2, -0.15) is 0 Å². The average molecular weight is 268 g/mol. The van der Waals surface area contributed by atoms with Crippen LogP contribution in [0.3, 0.4) is 0 Å². The molecule has 0 bridgehead atoms. The van der Waals surface area contributed by atoms with Gasteiger partial charge in [0.2, 0.25) is 0 Å². The molecule has 96 valence electrons. The van der Waals surface area contributed by atoms with Crippen LogP contribution < -0.4 is 5.32 Å². The summed E-state index contributed by atoms with van der Waals surface area (Å²) in [5, 5.41) is 3.59. The maximum absolute atomic E-state index is 13.1. The van der Waals surface area contributed by atoms with Crippen molar-refractivity contribution in [3.05, 3.63) is 57.8 Å². The first-order chi connectivity index (χ1) is 8.52. The summed E-state index contributed by atoms with van der Waals surface area (Å²) in [6.07, 6.45) is 0. The highest BCUT2D eigenvalue weighted by molar-refractivity contribution is 6.31. The van der Waals surface area contributed by atoms with E-state index < -0.39 is 0 Å². The SMILES string of the molecule is CNC(c1ccc(F)cc1Cl)c1cc(C)oc1C. The van der Waals surface area contributed by atoms with Gasteiger partial charge in [-0.15, -0.1) is 0 Å². The van der Waals surface area contributed by atoms with Crippen molar-refractivity contribution in [2.24, 2.45) is 0 Å². The summed E-state index contributed by atoms with van der Waals surface area (Å²) in [6.45, 7) is 3.81. The van der Waals surface area contributed by atoms with E-state index in [1.54, 1.807) is 6.07 Å². The van der Waals surface area contributed by atoms with Crippen LogP contribution in [-0.2, 0) is 0 Å². The van der Waals surface area contributed by atoms with Crippen LogP contribution in [0.15, 0.2) is 28.7 Å². The number of furan rings is 1. The molecule has 0 amide bonds. The lowest BCUT2D eigenvalue weighted by atomic mass is 9.99. The summed E-state index contributed by atoms with van der Waals surface area (Å²) in [4.78, 5) is 0. The number of aryl methyl sites for hydroxylation is 2. The Bertz CT molecular complexity index is 565. The second kappa shape index (κ2) is 5.12. The Morgan fingerprint density at radius 1 is 1.22 bits per heavy atom. The van der Waals surface area contributed by atoms with Crippen LogP contribution in [0.1, 0.15) is 28.7 Å². The van der Waals surface area contributed by atoms with Crippen LogP contribution in [0.4, 0.5) is 4.39 Å². The Kier molecular flexibility index (Phi) is 3.73. The first kappa shape index (κ1) is 13.1. The van der Waals surface area contributed by atoms with Crippen LogP contribution >= 0.6 is 11.6 Å². The van der Waals surface area contributed by atoms with Gasteiger partial charge in [-0.1, -0.05) is 17.7 Å². The van der Waals surface area contributed by atoms with Crippen molar-refractivity contribution in [1.82, 2.24) is 5.32 Å². The maximum Gasteiger partial charge on any atom is 0.124 e. The van der Waals surface area contributed by atoms with Crippen LogP contribution in [-0.4, -0.2) is 7.05 Å². The second-order valence-corrected chi connectivity index (χ2v) is 4.66. The van der Waals surface area contributed by atoms with Crippen molar-refractivity contribution in [3.63, 3.8) is 0 Å². The molecule has 2 aromatic rings. The molecular weight excluding hydrogens is 253 g/mol. The summed E-state index contributed by atoms with van der Waals surface area (Å²) >= 11 is 6.10. The van der Waals surface area contributed by atoms with Crippen molar-refractivity contribution >= 4 is 11.6 Å². The van der Waals surface area contributed by atoms with Gasteiger partial charge in [-0.25, -0.2) is 4.39 Å². The Hall–Kier alpha value is -1.32. The fraction of sp³-hybridized carbons (Fsp3) is 0.286. The average Bonchev–Trinajstić information content (AvgIpc) is 2.62. The lowest BCUT2D eigenvalue weighted by molar-refractivity contribution is 0.497. The molecule has 1 heterocycles. The number of hydrogen-bond acceptors (Lipinski definition) is 2. The smallest absolute Gasteiger partial charge is 0.124 e. The molecule has 1 unspecified atom stereocenters. The Morgan fingerprint density at radius 3 is 2.44 bits per heavy atom. The highest BCUT2D eigenvalue weighted by Crippen LogP contribution is 2.31. The molecule has 0 fully saturated rings. The first-order valence-electron chi connectivity index (χ1n) is 5.72. The quantitative estimate of drug-likeness (QED) is 0.909. The normalized spacial score (nSPS) is 12.7. The number of benzene rings is 1. The zero-order chi connectivity index (χ0) is 13.3. The van der Waals surface area contributed by atoms with Crippen molar-refractivity contribution in [2.45, 2.75) is 19.9 Å². The van der Waals surface area contributed by atoms with E-state index in [1.165, 1.54) is 12.1 Å². The number of rotatable bonds is 3. The van der Waals surface area contributed by atoms with Gasteiger partial charge in [0.15, 0.2) is 0 Å². The summed E-state index contributed by atoms with van der Waals surface area (Å²) < 4.78 is 18.6. The highest BCUT2D eigenvalue weighted by Gasteiger charge is 2.20. The minimum Gasteiger partial charge on any atom is -0.466 e. The van der Waals surface area contributed by atoms with Gasteiger partial charge >= 0.3 is 0 Å². The molecule has 0 aliphatic rings. The van der Waals surface area contributed by atoms with E-state index in [0.717, 1.165) is 22.6 Å². The summed E-state index contributed by atoms with van der Waals surface area (Å²) in [5.41, 5.74) is 1.85. The maximum atomic E-state index is 13.1. The van der Waals surface area contributed by atoms with Crippen LogP contribution in [0, 0.1) is 19.7 Å². The molecule has 0 saturated carbocycles. The molecule has 0 radical (unpaired) electrons. The highest BCUT2D eigenvalue weighted by atomic mass is 35.5. The van der Waals surface area contributed by atoms with E-state index in [1.807, 2.05) is 27.0 Å². The van der Waals surface area contributed by atoms with E-state index >= 15 is 0 Å². The van der Waals surface area contributed by atoms with Gasteiger partial charge in [0.1, 0.15) is 17.3 Å². The molecule has 2 nitrogen and oxygen atoms in total. The van der Waals surface area contributed by atoms with E-state index in [2.05, 4.69) is 5.32 Å². The molecule has 0 saturated heterocycles. The fourth-order valence-electron chi connectivity index (χ4n) is 2.15. The molecule has 4 heteroatoms. The Morgan fingerprint density at radius 2 is 1.94 bits per heavy atom. The molecule has 0 aliphatic carbocycles. The van der Waals surface area contributed by atoms with Crippen LogP contribution in [0.5, 0.6) is 0 Å². The van der Waals surface area contributed by atoms with Crippen molar-refractivity contribution in [1.29, 1.82) is 0 Å². The Labute approximate surface area is 111 Å². The summed E-state index contributed by atoms with van der Waals surface area (Å²) in [5.74, 6) is 1.35. The zero-order valence-corrected chi connectivity index (χ0v) is 11.3. The molecular formula is C14H15ClFNO. The molecule has 2 rings (SSSR count). The number of hydrogen-bond donors (Lipinski definition) is 1. The van der Waals surface area contributed by atoms with Crippen molar-refractivity contribution in [2.75, 3.05) is 7.05 Å². The summed E-state index contributed by atoms with van der Waals surface area (Å²) in [7, 11) is 1.84. The van der Waals surface area contributed by atoms with Crippen molar-refractivity contribution < 1.29 is 8.81 Å². The van der Waals surface area contributed by atoms with Crippen LogP contribution in [0.25, 0.3) is 0 Å². The van der Waals surface area contributed by atoms with E-state index in [0.29, 0.717) is 5.02 Å². The lowest BCUT2D eigenvalue weighted by Gasteiger charge is -2.17. The minimum absolute atomic E-state index is 0.101. The van der Waals surface area contributed by atoms with E-state index in [4.69, 9.17) is 16.0 Å². The third-order valence-electron chi connectivity index (χ3n) is 2.95. The van der Waals surface area contributed by atoms with Gasteiger partial charge in [0.05, 0.1) is 6.04 Å². The third kappa shape index (κ3) is 2.42. The third-order valence-corrected chi connectivity index (χ3v) is 3.28. The van der Waals surface area contributed by atoms with Gasteiger partial charge in [-0.3, -0.25) is 0 Å². The van der Waals surface area contributed by atoms with Crippen LogP contribution in [0.2, 0.25) is 5.02 Å². The van der Waals surface area contributed by atoms with E-state index in [-0.39, 0.29) is 11.9 Å². The van der Waals surface area contributed by atoms with Gasteiger partial charge < -0.3 is 9.73 Å². The van der Waals surface area contributed by atoms with Crippen molar-refractivity contribution in [3.8, 4) is 0 Å². The monoisotopic (exact) mass is 267 g/mol.